The SMILES string of the molecule is c1cc2cc(CNc3ccsc3)ccc2[nH]1. The van der Waals surface area contributed by atoms with Gasteiger partial charge in [0.1, 0.15) is 0 Å². The molecule has 3 rings (SSSR count). The van der Waals surface area contributed by atoms with Crippen molar-refractivity contribution < 1.29 is 0 Å². The van der Waals surface area contributed by atoms with Crippen molar-refractivity contribution in [2.75, 3.05) is 5.32 Å². The molecule has 0 saturated heterocycles. The Morgan fingerprint density at radius 1 is 1.19 bits per heavy atom. The summed E-state index contributed by atoms with van der Waals surface area (Å²) in [5.41, 5.74) is 3.69. The van der Waals surface area contributed by atoms with E-state index in [0.29, 0.717) is 0 Å². The summed E-state index contributed by atoms with van der Waals surface area (Å²) >= 11 is 1.71. The summed E-state index contributed by atoms with van der Waals surface area (Å²) in [4.78, 5) is 3.20. The van der Waals surface area contributed by atoms with Crippen molar-refractivity contribution in [2.45, 2.75) is 6.54 Å². The summed E-state index contributed by atoms with van der Waals surface area (Å²) < 4.78 is 0. The van der Waals surface area contributed by atoms with Crippen LogP contribution in [0.25, 0.3) is 10.9 Å². The van der Waals surface area contributed by atoms with Crippen LogP contribution in [0.5, 0.6) is 0 Å². The molecule has 0 atom stereocenters. The molecule has 0 unspecified atom stereocenters. The van der Waals surface area contributed by atoms with Gasteiger partial charge in [-0.15, -0.1) is 0 Å². The highest BCUT2D eigenvalue weighted by Crippen LogP contribution is 2.17. The fourth-order valence-electron chi connectivity index (χ4n) is 1.78. The van der Waals surface area contributed by atoms with Crippen molar-refractivity contribution in [3.05, 3.63) is 52.9 Å². The topological polar surface area (TPSA) is 27.8 Å². The zero-order chi connectivity index (χ0) is 10.8. The van der Waals surface area contributed by atoms with Gasteiger partial charge in [-0.2, -0.15) is 11.3 Å². The maximum absolute atomic E-state index is 3.40. The average molecular weight is 228 g/mol. The van der Waals surface area contributed by atoms with Crippen LogP contribution in [0.15, 0.2) is 47.3 Å². The molecule has 0 aliphatic heterocycles. The van der Waals surface area contributed by atoms with Crippen LogP contribution in [0.4, 0.5) is 5.69 Å². The van der Waals surface area contributed by atoms with Crippen LogP contribution in [0.1, 0.15) is 5.56 Å². The van der Waals surface area contributed by atoms with Crippen LogP contribution in [0, 0.1) is 0 Å². The number of hydrogen-bond donors (Lipinski definition) is 2. The van der Waals surface area contributed by atoms with Crippen LogP contribution >= 0.6 is 11.3 Å². The third-order valence-electron chi connectivity index (χ3n) is 2.64. The van der Waals surface area contributed by atoms with Crippen molar-refractivity contribution >= 4 is 27.9 Å². The predicted octanol–water partition coefficient (Wildman–Crippen LogP) is 3.84. The number of nitrogens with one attached hydrogen (secondary N) is 2. The number of H-pyrrole nitrogens is 1. The monoisotopic (exact) mass is 228 g/mol. The Balaban J connectivity index is 1.78. The maximum Gasteiger partial charge on any atom is 0.0454 e. The summed E-state index contributed by atoms with van der Waals surface area (Å²) in [7, 11) is 0. The Morgan fingerprint density at radius 2 is 2.19 bits per heavy atom. The van der Waals surface area contributed by atoms with Crippen LogP contribution in [0.3, 0.4) is 0 Å². The summed E-state index contributed by atoms with van der Waals surface area (Å²) in [6.45, 7) is 0.873. The molecule has 0 aliphatic carbocycles. The molecule has 80 valence electrons. The van der Waals surface area contributed by atoms with E-state index in [0.717, 1.165) is 6.54 Å². The van der Waals surface area contributed by atoms with Crippen LogP contribution in [-0.4, -0.2) is 4.98 Å². The van der Waals surface area contributed by atoms with Gasteiger partial charge in [0.2, 0.25) is 0 Å². The van der Waals surface area contributed by atoms with Gasteiger partial charge in [-0.1, -0.05) is 6.07 Å². The van der Waals surface area contributed by atoms with Gasteiger partial charge in [-0.05, 0) is 40.6 Å². The van der Waals surface area contributed by atoms with Gasteiger partial charge >= 0.3 is 0 Å². The summed E-state index contributed by atoms with van der Waals surface area (Å²) in [5.74, 6) is 0. The molecule has 2 heterocycles. The number of aromatic amines is 1. The predicted molar refractivity (Wildman–Crippen MR) is 69.9 cm³/mol. The van der Waals surface area contributed by atoms with Gasteiger partial charge in [-0.3, -0.25) is 0 Å². The fourth-order valence-corrected chi connectivity index (χ4v) is 2.39. The Morgan fingerprint density at radius 3 is 3.06 bits per heavy atom. The first-order valence-electron chi connectivity index (χ1n) is 5.24. The number of thiophene rings is 1. The van der Waals surface area contributed by atoms with E-state index in [4.69, 9.17) is 0 Å². The fraction of sp³-hybridized carbons (Fsp3) is 0.0769. The minimum Gasteiger partial charge on any atom is -0.380 e. The molecule has 2 nitrogen and oxygen atoms in total. The van der Waals surface area contributed by atoms with E-state index in [1.807, 2.05) is 6.20 Å². The zero-order valence-electron chi connectivity index (χ0n) is 8.73. The summed E-state index contributed by atoms with van der Waals surface area (Å²) in [6, 6.07) is 10.7. The quantitative estimate of drug-likeness (QED) is 0.700. The van der Waals surface area contributed by atoms with Gasteiger partial charge < -0.3 is 10.3 Å². The van der Waals surface area contributed by atoms with E-state index >= 15 is 0 Å². The van der Waals surface area contributed by atoms with Gasteiger partial charge in [0.05, 0.1) is 0 Å². The molecule has 3 heteroatoms. The molecule has 0 amide bonds. The largest absolute Gasteiger partial charge is 0.380 e. The molecule has 2 N–H and O–H groups in total. The first-order valence-corrected chi connectivity index (χ1v) is 6.18. The number of benzene rings is 1. The first-order chi connectivity index (χ1) is 7.92. The van der Waals surface area contributed by atoms with Crippen LogP contribution in [-0.2, 0) is 6.54 Å². The van der Waals surface area contributed by atoms with Gasteiger partial charge in [0.15, 0.2) is 0 Å². The molecular formula is C13H12N2S. The third-order valence-corrected chi connectivity index (χ3v) is 3.32. The second-order valence-electron chi connectivity index (χ2n) is 3.76. The molecule has 0 bridgehead atoms. The maximum atomic E-state index is 3.40. The normalized spacial score (nSPS) is 10.8. The average Bonchev–Trinajstić information content (AvgIpc) is 2.97. The third kappa shape index (κ3) is 1.82. The van der Waals surface area contributed by atoms with Gasteiger partial charge in [0, 0.05) is 29.3 Å². The number of aromatic nitrogens is 1. The van der Waals surface area contributed by atoms with Crippen LogP contribution < -0.4 is 5.32 Å². The molecule has 0 fully saturated rings. The van der Waals surface area contributed by atoms with Gasteiger partial charge in [-0.25, -0.2) is 0 Å². The van der Waals surface area contributed by atoms with E-state index in [1.54, 1.807) is 11.3 Å². The molecule has 0 radical (unpaired) electrons. The Hall–Kier alpha value is -1.74. The van der Waals surface area contributed by atoms with Crippen molar-refractivity contribution in [2.24, 2.45) is 0 Å². The molecule has 16 heavy (non-hydrogen) atoms. The van der Waals surface area contributed by atoms with E-state index in [9.17, 15) is 0 Å². The lowest BCUT2D eigenvalue weighted by atomic mass is 10.1. The van der Waals surface area contributed by atoms with E-state index in [2.05, 4.69) is 51.4 Å². The minimum atomic E-state index is 0.873. The molecule has 0 saturated carbocycles. The second kappa shape index (κ2) is 4.02. The van der Waals surface area contributed by atoms with Crippen molar-refractivity contribution in [3.63, 3.8) is 0 Å². The second-order valence-corrected chi connectivity index (χ2v) is 4.54. The lowest BCUT2D eigenvalue weighted by Crippen LogP contribution is -1.97. The Labute approximate surface area is 97.9 Å². The van der Waals surface area contributed by atoms with Crippen molar-refractivity contribution in [1.29, 1.82) is 0 Å². The number of rotatable bonds is 3. The zero-order valence-corrected chi connectivity index (χ0v) is 9.55. The van der Waals surface area contributed by atoms with Crippen molar-refractivity contribution in [3.8, 4) is 0 Å². The number of fused-ring (bicyclic) bond motifs is 1. The highest BCUT2D eigenvalue weighted by molar-refractivity contribution is 7.08. The molecule has 2 aromatic heterocycles. The Bertz CT molecular complexity index is 581. The first kappa shape index (κ1) is 9.48. The molecule has 0 aliphatic rings. The lowest BCUT2D eigenvalue weighted by molar-refractivity contribution is 1.16. The van der Waals surface area contributed by atoms with E-state index in [1.165, 1.54) is 22.2 Å². The molecular weight excluding hydrogens is 216 g/mol. The number of hydrogen-bond acceptors (Lipinski definition) is 2. The highest BCUT2D eigenvalue weighted by atomic mass is 32.1. The Kier molecular flexibility index (Phi) is 2.38. The molecule has 1 aromatic carbocycles. The van der Waals surface area contributed by atoms with E-state index in [-0.39, 0.29) is 0 Å². The van der Waals surface area contributed by atoms with Crippen molar-refractivity contribution in [1.82, 2.24) is 4.98 Å². The summed E-state index contributed by atoms with van der Waals surface area (Å²) in [5, 5.41) is 8.87. The standard InChI is InChI=1S/C13H12N2S/c1-2-13-11(3-5-14-13)7-10(1)8-15-12-4-6-16-9-12/h1-7,9,14-15H,8H2. The van der Waals surface area contributed by atoms with Gasteiger partial charge in [0.25, 0.3) is 0 Å². The smallest absolute Gasteiger partial charge is 0.0454 e. The highest BCUT2D eigenvalue weighted by Gasteiger charge is 1.97. The lowest BCUT2D eigenvalue weighted by Gasteiger charge is -2.04. The molecule has 3 aromatic rings. The summed E-state index contributed by atoms with van der Waals surface area (Å²) in [6.07, 6.45) is 1.97. The van der Waals surface area contributed by atoms with E-state index < -0.39 is 0 Å². The van der Waals surface area contributed by atoms with Crippen LogP contribution in [0.2, 0.25) is 0 Å². The molecule has 0 spiro atoms. The number of anilines is 1. The minimum absolute atomic E-state index is 0.873.